The van der Waals surface area contributed by atoms with Gasteiger partial charge in [-0.25, -0.2) is 0 Å². The minimum absolute atomic E-state index is 0.0937. The largest absolute Gasteiger partial charge is 0.390 e. The number of hydrogen-bond acceptors (Lipinski definition) is 4. The molecule has 1 amide bonds. The molecule has 1 saturated heterocycles. The zero-order valence-electron chi connectivity index (χ0n) is 21.8. The Morgan fingerprint density at radius 3 is 2.26 bits per heavy atom. The molecular formula is C29H43N3O2. The molecule has 0 radical (unpaired) electrons. The number of likely N-dealkylation sites (N-methyl/N-ethyl adjacent to an activating group) is 1. The van der Waals surface area contributed by atoms with Crippen LogP contribution in [0.15, 0.2) is 54.6 Å². The van der Waals surface area contributed by atoms with Crippen LogP contribution in [0.1, 0.15) is 55.1 Å². The van der Waals surface area contributed by atoms with Crippen LogP contribution in [0.25, 0.3) is 0 Å². The Morgan fingerprint density at radius 2 is 1.65 bits per heavy atom. The maximum atomic E-state index is 13.4. The van der Waals surface area contributed by atoms with Gasteiger partial charge in [-0.2, -0.15) is 0 Å². The summed E-state index contributed by atoms with van der Waals surface area (Å²) in [6.45, 7) is 14.5. The van der Waals surface area contributed by atoms with E-state index in [4.69, 9.17) is 0 Å². The fourth-order valence-electron chi connectivity index (χ4n) is 5.08. The zero-order valence-corrected chi connectivity index (χ0v) is 21.8. The van der Waals surface area contributed by atoms with Crippen molar-refractivity contribution in [1.29, 1.82) is 0 Å². The first-order valence-electron chi connectivity index (χ1n) is 12.7. The van der Waals surface area contributed by atoms with E-state index in [0.717, 1.165) is 18.7 Å². The van der Waals surface area contributed by atoms with Crippen LogP contribution in [-0.4, -0.2) is 83.7 Å². The summed E-state index contributed by atoms with van der Waals surface area (Å²) in [4.78, 5) is 20.0. The van der Waals surface area contributed by atoms with Gasteiger partial charge in [0.2, 0.25) is 0 Å². The number of β-amino-alcohol motifs (C(OH)–C–C–N with tert-alkyl or cyclic N) is 1. The summed E-state index contributed by atoms with van der Waals surface area (Å²) in [5.74, 6) is 0.739. The lowest BCUT2D eigenvalue weighted by Gasteiger charge is -2.32. The van der Waals surface area contributed by atoms with Crippen molar-refractivity contribution in [2.75, 3.05) is 39.8 Å². The van der Waals surface area contributed by atoms with Gasteiger partial charge in [-0.05, 0) is 70.8 Å². The van der Waals surface area contributed by atoms with E-state index >= 15 is 0 Å². The van der Waals surface area contributed by atoms with Crippen molar-refractivity contribution in [3.8, 4) is 0 Å². The number of amides is 1. The van der Waals surface area contributed by atoms with Crippen molar-refractivity contribution in [1.82, 2.24) is 14.7 Å². The van der Waals surface area contributed by atoms with E-state index in [2.05, 4.69) is 75.7 Å². The van der Waals surface area contributed by atoms with Crippen LogP contribution in [0.2, 0.25) is 0 Å². The van der Waals surface area contributed by atoms with Crippen molar-refractivity contribution in [3.63, 3.8) is 0 Å². The van der Waals surface area contributed by atoms with Gasteiger partial charge in [-0.15, -0.1) is 0 Å². The van der Waals surface area contributed by atoms with Crippen molar-refractivity contribution < 1.29 is 9.90 Å². The zero-order chi connectivity index (χ0) is 24.8. The predicted molar refractivity (Wildman–Crippen MR) is 140 cm³/mol. The molecule has 2 aromatic rings. The van der Waals surface area contributed by atoms with E-state index in [1.54, 1.807) is 0 Å². The Hall–Kier alpha value is -2.21. The molecule has 1 heterocycles. The van der Waals surface area contributed by atoms with Crippen LogP contribution >= 0.6 is 0 Å². The number of hydrogen-bond donors (Lipinski definition) is 1. The fraction of sp³-hybridized carbons (Fsp3) is 0.552. The molecule has 3 atom stereocenters. The average Bonchev–Trinajstić information content (AvgIpc) is 3.19. The number of benzene rings is 2. The van der Waals surface area contributed by atoms with Crippen LogP contribution in [-0.2, 0) is 0 Å². The molecule has 0 aromatic heterocycles. The first kappa shape index (κ1) is 26.4. The highest BCUT2D eigenvalue weighted by Crippen LogP contribution is 2.35. The van der Waals surface area contributed by atoms with Gasteiger partial charge in [0, 0.05) is 56.3 Å². The fourth-order valence-corrected chi connectivity index (χ4v) is 5.08. The normalized spacial score (nSPS) is 19.8. The van der Waals surface area contributed by atoms with Crippen LogP contribution in [0.5, 0.6) is 0 Å². The molecule has 34 heavy (non-hydrogen) atoms. The maximum absolute atomic E-state index is 13.4. The summed E-state index contributed by atoms with van der Waals surface area (Å²) in [5, 5.41) is 10.8. The van der Waals surface area contributed by atoms with E-state index in [1.807, 2.05) is 35.2 Å². The van der Waals surface area contributed by atoms with Crippen molar-refractivity contribution >= 4 is 5.91 Å². The van der Waals surface area contributed by atoms with Gasteiger partial charge in [-0.1, -0.05) is 42.5 Å². The number of aliphatic hydroxyl groups is 1. The van der Waals surface area contributed by atoms with Crippen LogP contribution in [0.4, 0.5) is 0 Å². The monoisotopic (exact) mass is 465 g/mol. The molecule has 3 unspecified atom stereocenters. The minimum Gasteiger partial charge on any atom is -0.390 e. The van der Waals surface area contributed by atoms with E-state index in [-0.39, 0.29) is 11.9 Å². The van der Waals surface area contributed by atoms with Crippen molar-refractivity contribution in [3.05, 3.63) is 71.3 Å². The maximum Gasteiger partial charge on any atom is 0.254 e. The van der Waals surface area contributed by atoms with Gasteiger partial charge >= 0.3 is 0 Å². The molecule has 1 aliphatic heterocycles. The molecule has 1 N–H and O–H groups in total. The predicted octanol–water partition coefficient (Wildman–Crippen LogP) is 4.26. The molecule has 3 rings (SSSR count). The van der Waals surface area contributed by atoms with Gasteiger partial charge in [0.15, 0.2) is 0 Å². The first-order chi connectivity index (χ1) is 16.2. The molecule has 1 aliphatic rings. The average molecular weight is 466 g/mol. The molecule has 5 nitrogen and oxygen atoms in total. The first-order valence-corrected chi connectivity index (χ1v) is 12.7. The van der Waals surface area contributed by atoms with E-state index < -0.39 is 6.10 Å². The van der Waals surface area contributed by atoms with Crippen LogP contribution < -0.4 is 0 Å². The van der Waals surface area contributed by atoms with E-state index in [0.29, 0.717) is 37.5 Å². The third kappa shape index (κ3) is 6.68. The summed E-state index contributed by atoms with van der Waals surface area (Å²) in [5.41, 5.74) is 3.40. The number of rotatable bonds is 10. The minimum atomic E-state index is -0.393. The lowest BCUT2D eigenvalue weighted by Crippen LogP contribution is -2.42. The summed E-state index contributed by atoms with van der Waals surface area (Å²) in [6.07, 6.45) is -0.393. The number of nitrogens with zero attached hydrogens (tertiary/aromatic N) is 3. The molecule has 0 aliphatic carbocycles. The Kier molecular flexibility index (Phi) is 9.29. The number of aryl methyl sites for hydroxylation is 1. The molecule has 186 valence electrons. The summed E-state index contributed by atoms with van der Waals surface area (Å²) >= 11 is 0. The Bertz CT molecular complexity index is 915. The third-order valence-corrected chi connectivity index (χ3v) is 7.29. The summed E-state index contributed by atoms with van der Waals surface area (Å²) in [6, 6.07) is 18.7. The van der Waals surface area contributed by atoms with Gasteiger partial charge in [0.05, 0.1) is 6.10 Å². The number of aliphatic hydroxyl groups excluding tert-OH is 1. The van der Waals surface area contributed by atoms with Gasteiger partial charge in [0.1, 0.15) is 0 Å². The molecule has 5 heteroatoms. The van der Waals surface area contributed by atoms with Gasteiger partial charge in [0.25, 0.3) is 5.91 Å². The number of likely N-dealkylation sites (tertiary alicyclic amines) is 1. The SMILES string of the molecule is Cc1ccccc1C1CN(CC(O)CN(C)C(C)C)CC1CN(C(=O)c1ccccc1)C(C)C. The second-order valence-electron chi connectivity index (χ2n) is 10.5. The highest BCUT2D eigenvalue weighted by atomic mass is 16.3. The Morgan fingerprint density at radius 1 is 1.00 bits per heavy atom. The molecular weight excluding hydrogens is 422 g/mol. The molecule has 0 saturated carbocycles. The van der Waals surface area contributed by atoms with Crippen molar-refractivity contribution in [2.45, 2.75) is 58.7 Å². The smallest absolute Gasteiger partial charge is 0.254 e. The molecule has 0 spiro atoms. The molecule has 2 aromatic carbocycles. The highest BCUT2D eigenvalue weighted by Gasteiger charge is 2.37. The summed E-state index contributed by atoms with van der Waals surface area (Å²) in [7, 11) is 2.06. The lowest BCUT2D eigenvalue weighted by molar-refractivity contribution is 0.0652. The summed E-state index contributed by atoms with van der Waals surface area (Å²) < 4.78 is 0. The standard InChI is InChI=1S/C29H43N3O2/c1-21(2)30(6)18-26(33)19-31-16-25(28(20-31)27-15-11-10-12-23(27)5)17-32(22(3)4)29(34)24-13-8-7-9-14-24/h7-15,21-22,25-26,28,33H,16-20H2,1-6H3. The van der Waals surface area contributed by atoms with E-state index in [1.165, 1.54) is 11.1 Å². The van der Waals surface area contributed by atoms with Gasteiger partial charge < -0.3 is 14.9 Å². The Balaban J connectivity index is 1.80. The van der Waals surface area contributed by atoms with E-state index in [9.17, 15) is 9.90 Å². The molecule has 1 fully saturated rings. The topological polar surface area (TPSA) is 47.0 Å². The number of carbonyl (C=O) groups is 1. The quantitative estimate of drug-likeness (QED) is 0.570. The number of carbonyl (C=O) groups excluding carboxylic acids is 1. The van der Waals surface area contributed by atoms with Crippen LogP contribution in [0.3, 0.4) is 0 Å². The molecule has 0 bridgehead atoms. The van der Waals surface area contributed by atoms with Crippen molar-refractivity contribution in [2.24, 2.45) is 5.92 Å². The second kappa shape index (κ2) is 12.0. The lowest BCUT2D eigenvalue weighted by atomic mass is 9.86. The van der Waals surface area contributed by atoms with Gasteiger partial charge in [-0.3, -0.25) is 9.69 Å². The highest BCUT2D eigenvalue weighted by molar-refractivity contribution is 5.94. The van der Waals surface area contributed by atoms with Crippen LogP contribution in [0, 0.1) is 12.8 Å². The third-order valence-electron chi connectivity index (χ3n) is 7.29. The second-order valence-corrected chi connectivity index (χ2v) is 10.5. The Labute approximate surface area is 206 Å².